The molecule has 1 atom stereocenters. The molecular weight excluding hydrogens is 514 g/mol. The van der Waals surface area contributed by atoms with Gasteiger partial charge in [0.1, 0.15) is 29.1 Å². The van der Waals surface area contributed by atoms with E-state index in [0.29, 0.717) is 40.9 Å². The van der Waals surface area contributed by atoms with Gasteiger partial charge in [0.05, 0.1) is 12.2 Å². The second-order valence-corrected chi connectivity index (χ2v) is 10.6. The fourth-order valence-corrected chi connectivity index (χ4v) is 4.51. The standard InChI is InChI=1S/C31H43NO8/c1-9-10-11-39-30-20(6)19(5)29(36)21(7)24(30)15-32(8)16-27(23(31(37)38)14-28(34)35)40-26-12-18(4)25(33)13-22(26)17(2)3/h12-14,17,27,33,36H,9-11,15-16H2,1-8H3,(H,34,35)(H,37,38)/b23-14-. The van der Waals surface area contributed by atoms with E-state index in [9.17, 15) is 30.0 Å². The van der Waals surface area contributed by atoms with Gasteiger partial charge in [-0.2, -0.15) is 0 Å². The van der Waals surface area contributed by atoms with Crippen LogP contribution in [-0.4, -0.2) is 63.6 Å². The first-order valence-electron chi connectivity index (χ1n) is 13.5. The van der Waals surface area contributed by atoms with E-state index < -0.39 is 23.6 Å². The van der Waals surface area contributed by atoms with Crippen LogP contribution in [0.3, 0.4) is 0 Å². The van der Waals surface area contributed by atoms with Gasteiger partial charge in [0, 0.05) is 30.3 Å². The summed E-state index contributed by atoms with van der Waals surface area (Å²) in [5, 5.41) is 40.4. The summed E-state index contributed by atoms with van der Waals surface area (Å²) in [6, 6.07) is 3.21. The lowest BCUT2D eigenvalue weighted by molar-refractivity contribution is -0.136. The van der Waals surface area contributed by atoms with Crippen LogP contribution in [0, 0.1) is 27.7 Å². The molecule has 9 heteroatoms. The zero-order valence-electron chi connectivity index (χ0n) is 24.8. The van der Waals surface area contributed by atoms with Gasteiger partial charge in [-0.1, -0.05) is 27.2 Å². The van der Waals surface area contributed by atoms with E-state index in [0.717, 1.165) is 29.5 Å². The van der Waals surface area contributed by atoms with Crippen molar-refractivity contribution in [1.82, 2.24) is 4.90 Å². The van der Waals surface area contributed by atoms with Gasteiger partial charge in [-0.25, -0.2) is 9.59 Å². The number of unbranched alkanes of at least 4 members (excludes halogenated alkanes) is 1. The zero-order chi connectivity index (χ0) is 30.3. The number of hydrogen-bond donors (Lipinski definition) is 4. The van der Waals surface area contributed by atoms with Crippen molar-refractivity contribution in [1.29, 1.82) is 0 Å². The topological polar surface area (TPSA) is 137 Å². The predicted octanol–water partition coefficient (Wildman–Crippen LogP) is 5.61. The first-order valence-corrected chi connectivity index (χ1v) is 13.5. The number of benzene rings is 2. The molecule has 40 heavy (non-hydrogen) atoms. The molecule has 0 saturated heterocycles. The van der Waals surface area contributed by atoms with Crippen LogP contribution in [0.5, 0.6) is 23.0 Å². The fraction of sp³-hybridized carbons (Fsp3) is 0.484. The Labute approximate surface area is 236 Å². The molecule has 0 spiro atoms. The quantitative estimate of drug-likeness (QED) is 0.173. The Morgan fingerprint density at radius 3 is 2.23 bits per heavy atom. The van der Waals surface area contributed by atoms with E-state index in [1.807, 2.05) is 39.5 Å². The first-order chi connectivity index (χ1) is 18.7. The maximum Gasteiger partial charge on any atom is 0.335 e. The maximum absolute atomic E-state index is 12.2. The molecule has 0 aromatic heterocycles. The third-order valence-corrected chi connectivity index (χ3v) is 7.08. The van der Waals surface area contributed by atoms with Crippen LogP contribution in [0.2, 0.25) is 0 Å². The van der Waals surface area contributed by atoms with Gasteiger partial charge in [-0.15, -0.1) is 0 Å². The van der Waals surface area contributed by atoms with Crippen molar-refractivity contribution in [2.75, 3.05) is 20.2 Å². The minimum absolute atomic E-state index is 0.0183. The molecule has 0 aliphatic rings. The van der Waals surface area contributed by atoms with Gasteiger partial charge in [-0.05, 0) is 81.5 Å². The normalized spacial score (nSPS) is 12.6. The minimum Gasteiger partial charge on any atom is -0.508 e. The van der Waals surface area contributed by atoms with Crippen molar-refractivity contribution in [3.63, 3.8) is 0 Å². The molecule has 4 N–H and O–H groups in total. The summed E-state index contributed by atoms with van der Waals surface area (Å²) in [4.78, 5) is 25.6. The van der Waals surface area contributed by atoms with Crippen LogP contribution in [-0.2, 0) is 16.1 Å². The summed E-state index contributed by atoms with van der Waals surface area (Å²) in [5.41, 5.74) is 3.78. The van der Waals surface area contributed by atoms with Crippen LogP contribution in [0.1, 0.15) is 72.9 Å². The smallest absolute Gasteiger partial charge is 0.335 e. The summed E-state index contributed by atoms with van der Waals surface area (Å²) < 4.78 is 12.4. The number of likely N-dealkylation sites (N-methyl/N-ethyl adjacent to an activating group) is 1. The minimum atomic E-state index is -1.41. The second kappa shape index (κ2) is 14.1. The average molecular weight is 558 g/mol. The number of aliphatic carboxylic acids is 2. The Morgan fingerprint density at radius 2 is 1.68 bits per heavy atom. The van der Waals surface area contributed by atoms with Gasteiger partial charge in [0.2, 0.25) is 0 Å². The van der Waals surface area contributed by atoms with E-state index >= 15 is 0 Å². The highest BCUT2D eigenvalue weighted by molar-refractivity contribution is 5.95. The summed E-state index contributed by atoms with van der Waals surface area (Å²) in [6.45, 7) is 14.0. The molecule has 220 valence electrons. The number of carboxylic acids is 2. The van der Waals surface area contributed by atoms with Gasteiger partial charge in [0.15, 0.2) is 0 Å². The molecule has 0 aliphatic carbocycles. The van der Waals surface area contributed by atoms with Gasteiger partial charge in [0.25, 0.3) is 0 Å². The highest BCUT2D eigenvalue weighted by atomic mass is 16.5. The summed E-state index contributed by atoms with van der Waals surface area (Å²) in [7, 11) is 1.77. The van der Waals surface area contributed by atoms with Crippen molar-refractivity contribution in [3.05, 3.63) is 57.2 Å². The summed E-state index contributed by atoms with van der Waals surface area (Å²) in [5.74, 6) is -1.56. The average Bonchev–Trinajstić information content (AvgIpc) is 2.87. The summed E-state index contributed by atoms with van der Waals surface area (Å²) >= 11 is 0. The molecule has 2 aromatic rings. The van der Waals surface area contributed by atoms with Crippen LogP contribution in [0.15, 0.2) is 23.8 Å². The van der Waals surface area contributed by atoms with Crippen molar-refractivity contribution < 1.29 is 39.5 Å². The van der Waals surface area contributed by atoms with Crippen molar-refractivity contribution in [2.24, 2.45) is 0 Å². The van der Waals surface area contributed by atoms with Crippen LogP contribution >= 0.6 is 0 Å². The first kappa shape index (κ1) is 32.5. The lowest BCUT2D eigenvalue weighted by Crippen LogP contribution is -2.37. The highest BCUT2D eigenvalue weighted by Crippen LogP contribution is 2.38. The number of nitrogens with zero attached hydrogens (tertiary/aromatic N) is 1. The van der Waals surface area contributed by atoms with E-state index in [2.05, 4.69) is 6.92 Å². The molecule has 0 bridgehead atoms. The lowest BCUT2D eigenvalue weighted by Gasteiger charge is -2.29. The predicted molar refractivity (Wildman–Crippen MR) is 154 cm³/mol. The number of carboxylic acid groups (broad SMARTS) is 2. The molecule has 0 heterocycles. The summed E-state index contributed by atoms with van der Waals surface area (Å²) in [6.07, 6.45) is 1.32. The number of carbonyl (C=O) groups is 2. The molecule has 0 saturated carbocycles. The third-order valence-electron chi connectivity index (χ3n) is 7.08. The van der Waals surface area contributed by atoms with Crippen LogP contribution < -0.4 is 9.47 Å². The Balaban J connectivity index is 2.55. The Bertz CT molecular complexity index is 1260. The number of phenolic OH excluding ortho intramolecular Hbond substituents is 2. The Hall–Kier alpha value is -3.72. The molecule has 0 fully saturated rings. The second-order valence-electron chi connectivity index (χ2n) is 10.6. The molecule has 2 rings (SSSR count). The van der Waals surface area contributed by atoms with Crippen LogP contribution in [0.25, 0.3) is 0 Å². The van der Waals surface area contributed by atoms with E-state index in [1.54, 1.807) is 26.1 Å². The third kappa shape index (κ3) is 7.91. The zero-order valence-corrected chi connectivity index (χ0v) is 24.8. The number of aryl methyl sites for hydroxylation is 1. The fourth-order valence-electron chi connectivity index (χ4n) is 4.51. The van der Waals surface area contributed by atoms with Crippen molar-refractivity contribution >= 4 is 11.9 Å². The lowest BCUT2D eigenvalue weighted by atomic mass is 9.96. The number of phenols is 2. The molecule has 0 aliphatic heterocycles. The van der Waals surface area contributed by atoms with E-state index in [1.165, 1.54) is 0 Å². The Kier molecular flexibility index (Phi) is 11.4. The Morgan fingerprint density at radius 1 is 1.02 bits per heavy atom. The SMILES string of the molecule is CCCCOc1c(C)c(C)c(O)c(C)c1CN(C)CC(Oc1cc(C)c(O)cc1C(C)C)/C(=C/C(=O)O)C(=O)O. The number of rotatable bonds is 14. The van der Waals surface area contributed by atoms with Crippen molar-refractivity contribution in [3.8, 4) is 23.0 Å². The number of aromatic hydroxyl groups is 2. The molecule has 1 unspecified atom stereocenters. The van der Waals surface area contributed by atoms with Crippen molar-refractivity contribution in [2.45, 2.75) is 79.9 Å². The van der Waals surface area contributed by atoms with E-state index in [4.69, 9.17) is 9.47 Å². The van der Waals surface area contributed by atoms with Crippen LogP contribution in [0.4, 0.5) is 0 Å². The van der Waals surface area contributed by atoms with Gasteiger partial charge >= 0.3 is 11.9 Å². The van der Waals surface area contributed by atoms with Gasteiger partial charge in [-0.3, -0.25) is 4.90 Å². The largest absolute Gasteiger partial charge is 0.508 e. The molecular formula is C31H43NO8. The molecule has 0 radical (unpaired) electrons. The monoisotopic (exact) mass is 557 g/mol. The molecule has 2 aromatic carbocycles. The number of ether oxygens (including phenoxy) is 2. The molecule has 0 amide bonds. The van der Waals surface area contributed by atoms with E-state index in [-0.39, 0.29) is 30.5 Å². The molecule has 9 nitrogen and oxygen atoms in total. The number of hydrogen-bond acceptors (Lipinski definition) is 7. The maximum atomic E-state index is 12.2. The van der Waals surface area contributed by atoms with Gasteiger partial charge < -0.3 is 29.9 Å². The highest BCUT2D eigenvalue weighted by Gasteiger charge is 2.28.